The quantitative estimate of drug-likeness (QED) is 0.360. The Labute approximate surface area is 158 Å². The van der Waals surface area contributed by atoms with E-state index in [-0.39, 0.29) is 0 Å². The van der Waals surface area contributed by atoms with Gasteiger partial charge in [-0.25, -0.2) is 0 Å². The van der Waals surface area contributed by atoms with Crippen molar-refractivity contribution in [3.05, 3.63) is 71.8 Å². The minimum Gasteiger partial charge on any atom is -0.496 e. The molecule has 0 aliphatic carbocycles. The first-order valence-electron chi connectivity index (χ1n) is 6.67. The Hall–Kier alpha value is -1.02. The number of halogens is 2. The zero-order chi connectivity index (χ0) is 15.9. The third-order valence-corrected chi connectivity index (χ3v) is 4.99. The van der Waals surface area contributed by atoms with E-state index in [1.807, 2.05) is 36.4 Å². The van der Waals surface area contributed by atoms with Gasteiger partial charge >= 0.3 is 0 Å². The van der Waals surface area contributed by atoms with Gasteiger partial charge in [-0.05, 0) is 69.5 Å². The molecule has 0 saturated carbocycles. The Morgan fingerprint density at radius 2 is 1.09 bits per heavy atom. The highest BCUT2D eigenvalue weighted by molar-refractivity contribution is 14.1. The predicted molar refractivity (Wildman–Crippen MR) is 110 cm³/mol. The van der Waals surface area contributed by atoms with Gasteiger partial charge < -0.3 is 9.47 Å². The second-order valence-corrected chi connectivity index (χ2v) is 6.75. The Balaban J connectivity index is 2.32. The van der Waals surface area contributed by atoms with Gasteiger partial charge in [-0.3, -0.25) is 0 Å². The number of para-hydroxylation sites is 2. The van der Waals surface area contributed by atoms with Crippen molar-refractivity contribution in [1.82, 2.24) is 0 Å². The summed E-state index contributed by atoms with van der Waals surface area (Å²) in [7, 11) is 3.38. The van der Waals surface area contributed by atoms with Crippen molar-refractivity contribution in [2.75, 3.05) is 14.2 Å². The van der Waals surface area contributed by atoms with Crippen LogP contribution < -0.4 is 9.47 Å². The van der Waals surface area contributed by atoms with Crippen molar-refractivity contribution in [2.45, 2.75) is 0 Å². The maximum absolute atomic E-state index is 5.41. The third-order valence-electron chi connectivity index (χ3n) is 3.10. The number of ether oxygens (including phenoxy) is 2. The first-order chi connectivity index (χ1) is 10.7. The summed E-state index contributed by atoms with van der Waals surface area (Å²) in [6.07, 6.45) is 4.18. The lowest BCUT2D eigenvalue weighted by Gasteiger charge is -2.08. The molecule has 0 heterocycles. The van der Waals surface area contributed by atoms with Gasteiger partial charge in [0, 0.05) is 18.3 Å². The smallest absolute Gasteiger partial charge is 0.127 e. The molecule has 2 rings (SSSR count). The van der Waals surface area contributed by atoms with Crippen LogP contribution in [0.1, 0.15) is 11.1 Å². The van der Waals surface area contributed by atoms with E-state index in [9.17, 15) is 0 Å². The molecule has 0 aliphatic heterocycles. The molecule has 0 aliphatic rings. The van der Waals surface area contributed by atoms with E-state index in [1.165, 1.54) is 0 Å². The van der Waals surface area contributed by atoms with E-state index in [2.05, 4.69) is 69.5 Å². The second kappa shape index (κ2) is 8.57. The molecule has 0 fully saturated rings. The SMILES string of the molecule is COc1ccccc1/C(I)=C/C=C(\I)c1ccccc1OC. The van der Waals surface area contributed by atoms with Crippen LogP contribution in [-0.4, -0.2) is 14.2 Å². The first-order valence-corrected chi connectivity index (χ1v) is 8.83. The standard InChI is InChI=1S/C18H16I2O2/c1-21-17-9-5-3-7-13(17)15(19)11-12-16(20)14-8-4-6-10-18(14)22-2/h3-12H,1-2H3/b15-11-,16-12-. The van der Waals surface area contributed by atoms with Crippen LogP contribution in [0.5, 0.6) is 11.5 Å². The Kier molecular flexibility index (Phi) is 6.75. The summed E-state index contributed by atoms with van der Waals surface area (Å²) < 4.78 is 13.1. The minimum atomic E-state index is 0.879. The summed E-state index contributed by atoms with van der Waals surface area (Å²) in [6.45, 7) is 0. The largest absolute Gasteiger partial charge is 0.496 e. The molecule has 2 aromatic carbocycles. The summed E-state index contributed by atoms with van der Waals surface area (Å²) in [4.78, 5) is 0. The molecule has 0 atom stereocenters. The molecular weight excluding hydrogens is 502 g/mol. The first kappa shape index (κ1) is 17.3. The minimum absolute atomic E-state index is 0.879. The van der Waals surface area contributed by atoms with Crippen LogP contribution in [-0.2, 0) is 0 Å². The summed E-state index contributed by atoms with van der Waals surface area (Å²) >= 11 is 4.66. The van der Waals surface area contributed by atoms with Crippen molar-refractivity contribution < 1.29 is 9.47 Å². The van der Waals surface area contributed by atoms with Crippen LogP contribution in [0, 0.1) is 0 Å². The van der Waals surface area contributed by atoms with Crippen LogP contribution in [0.3, 0.4) is 0 Å². The van der Waals surface area contributed by atoms with Crippen LogP contribution in [0.15, 0.2) is 60.7 Å². The number of benzene rings is 2. The summed E-state index contributed by atoms with van der Waals surface area (Å²) in [6, 6.07) is 16.0. The molecule has 0 N–H and O–H groups in total. The maximum atomic E-state index is 5.41. The normalized spacial score (nSPS) is 12.2. The van der Waals surface area contributed by atoms with Gasteiger partial charge in [0.05, 0.1) is 14.2 Å². The van der Waals surface area contributed by atoms with E-state index in [4.69, 9.17) is 9.47 Å². The Morgan fingerprint density at radius 1 is 0.727 bits per heavy atom. The summed E-state index contributed by atoms with van der Waals surface area (Å²) in [5, 5.41) is 0. The number of hydrogen-bond acceptors (Lipinski definition) is 2. The fourth-order valence-electron chi connectivity index (χ4n) is 2.01. The molecule has 0 bridgehead atoms. The van der Waals surface area contributed by atoms with Gasteiger partial charge in [0.15, 0.2) is 0 Å². The summed E-state index contributed by atoms with van der Waals surface area (Å²) in [5.41, 5.74) is 2.18. The van der Waals surface area contributed by atoms with Crippen molar-refractivity contribution >= 4 is 52.3 Å². The fourth-order valence-corrected chi connectivity index (χ4v) is 3.26. The maximum Gasteiger partial charge on any atom is 0.127 e. The highest BCUT2D eigenvalue weighted by atomic mass is 127. The second-order valence-electron chi connectivity index (χ2n) is 4.43. The average Bonchev–Trinajstić information content (AvgIpc) is 2.59. The number of hydrogen-bond donors (Lipinski definition) is 0. The van der Waals surface area contributed by atoms with Crippen molar-refractivity contribution in [1.29, 1.82) is 0 Å². The Bertz CT molecular complexity index is 644. The van der Waals surface area contributed by atoms with E-state index in [0.717, 1.165) is 29.8 Å². The molecule has 0 spiro atoms. The lowest BCUT2D eigenvalue weighted by atomic mass is 10.1. The predicted octanol–water partition coefficient (Wildman–Crippen LogP) is 5.96. The Morgan fingerprint density at radius 3 is 1.45 bits per heavy atom. The molecule has 0 saturated heterocycles. The van der Waals surface area contributed by atoms with Crippen LogP contribution in [0.25, 0.3) is 7.16 Å². The van der Waals surface area contributed by atoms with Crippen LogP contribution >= 0.6 is 45.2 Å². The van der Waals surface area contributed by atoms with Crippen LogP contribution in [0.2, 0.25) is 0 Å². The highest BCUT2D eigenvalue weighted by Crippen LogP contribution is 2.33. The van der Waals surface area contributed by atoms with Gasteiger partial charge in [-0.2, -0.15) is 0 Å². The molecule has 2 aromatic rings. The monoisotopic (exact) mass is 518 g/mol. The van der Waals surface area contributed by atoms with Gasteiger partial charge in [0.25, 0.3) is 0 Å². The highest BCUT2D eigenvalue weighted by Gasteiger charge is 2.06. The van der Waals surface area contributed by atoms with E-state index in [1.54, 1.807) is 14.2 Å². The summed E-state index contributed by atoms with van der Waals surface area (Å²) in [5.74, 6) is 1.76. The molecule has 22 heavy (non-hydrogen) atoms. The number of methoxy groups -OCH3 is 2. The molecule has 114 valence electrons. The number of allylic oxidation sites excluding steroid dienone is 2. The zero-order valence-corrected chi connectivity index (χ0v) is 16.7. The molecule has 0 amide bonds. The molecule has 0 unspecified atom stereocenters. The lowest BCUT2D eigenvalue weighted by Crippen LogP contribution is -1.88. The number of rotatable bonds is 5. The zero-order valence-electron chi connectivity index (χ0n) is 12.3. The molecular formula is C18H16I2O2. The molecule has 0 aromatic heterocycles. The van der Waals surface area contributed by atoms with Gasteiger partial charge in [0.1, 0.15) is 11.5 Å². The van der Waals surface area contributed by atoms with E-state index < -0.39 is 0 Å². The van der Waals surface area contributed by atoms with Gasteiger partial charge in [-0.15, -0.1) is 0 Å². The van der Waals surface area contributed by atoms with E-state index in [0.29, 0.717) is 0 Å². The lowest BCUT2D eigenvalue weighted by molar-refractivity contribution is 0.413. The fraction of sp³-hybridized carbons (Fsp3) is 0.111. The van der Waals surface area contributed by atoms with Crippen molar-refractivity contribution in [3.8, 4) is 11.5 Å². The third kappa shape index (κ3) is 4.25. The van der Waals surface area contributed by atoms with Crippen molar-refractivity contribution in [3.63, 3.8) is 0 Å². The van der Waals surface area contributed by atoms with Crippen LogP contribution in [0.4, 0.5) is 0 Å². The topological polar surface area (TPSA) is 18.5 Å². The average molecular weight is 518 g/mol. The molecule has 2 nitrogen and oxygen atoms in total. The van der Waals surface area contributed by atoms with Gasteiger partial charge in [-0.1, -0.05) is 36.4 Å². The molecule has 4 heteroatoms. The van der Waals surface area contributed by atoms with E-state index >= 15 is 0 Å². The van der Waals surface area contributed by atoms with Crippen molar-refractivity contribution in [2.24, 2.45) is 0 Å². The molecule has 0 radical (unpaired) electrons. The van der Waals surface area contributed by atoms with Gasteiger partial charge in [0.2, 0.25) is 0 Å².